The first-order chi connectivity index (χ1) is 14.6. The van der Waals surface area contributed by atoms with Gasteiger partial charge in [-0.2, -0.15) is 0 Å². The van der Waals surface area contributed by atoms with Crippen molar-refractivity contribution in [2.45, 2.75) is 12.6 Å². The minimum Gasteiger partial charge on any atom is -0.507 e. The number of nitrogens with zero attached hydrogens (tertiary/aromatic N) is 1. The molecule has 1 aliphatic rings. The molecule has 0 radical (unpaired) electrons. The van der Waals surface area contributed by atoms with Crippen molar-refractivity contribution in [2.75, 3.05) is 0 Å². The standard InChI is InChI=1S/C24H17NO3S2/c26-22(18-10-3-7-15-6-1-2-9-17(15)18)20-21(19-11-5-13-30-19)25(24(28)23(20)27)14-16-8-4-12-29-16/h1-13,21,26H,14H2/b22-20-. The van der Waals surface area contributed by atoms with Crippen molar-refractivity contribution in [2.24, 2.45) is 0 Å². The summed E-state index contributed by atoms with van der Waals surface area (Å²) in [6.45, 7) is 0.330. The number of hydrogen-bond acceptors (Lipinski definition) is 5. The molecule has 0 spiro atoms. The van der Waals surface area contributed by atoms with Crippen LogP contribution in [-0.4, -0.2) is 21.7 Å². The number of thiophene rings is 2. The fourth-order valence-electron chi connectivity index (χ4n) is 3.93. The van der Waals surface area contributed by atoms with E-state index in [1.54, 1.807) is 11.0 Å². The van der Waals surface area contributed by atoms with E-state index in [4.69, 9.17) is 0 Å². The summed E-state index contributed by atoms with van der Waals surface area (Å²) in [5, 5.41) is 17.0. The fourth-order valence-corrected chi connectivity index (χ4v) is 5.48. The molecule has 1 aliphatic heterocycles. The zero-order valence-corrected chi connectivity index (χ0v) is 17.5. The predicted molar refractivity (Wildman–Crippen MR) is 120 cm³/mol. The molecule has 1 atom stereocenters. The Balaban J connectivity index is 1.70. The molecule has 3 heterocycles. The maximum Gasteiger partial charge on any atom is 0.296 e. The third kappa shape index (κ3) is 3.05. The van der Waals surface area contributed by atoms with Gasteiger partial charge in [-0.15, -0.1) is 22.7 Å². The lowest BCUT2D eigenvalue weighted by Gasteiger charge is -2.23. The zero-order valence-electron chi connectivity index (χ0n) is 15.8. The molecule has 1 N–H and O–H groups in total. The zero-order chi connectivity index (χ0) is 20.7. The van der Waals surface area contributed by atoms with Crippen LogP contribution in [0.1, 0.15) is 21.4 Å². The number of hydrogen-bond donors (Lipinski definition) is 1. The molecule has 0 saturated carbocycles. The van der Waals surface area contributed by atoms with E-state index in [9.17, 15) is 14.7 Å². The maximum atomic E-state index is 13.1. The average molecular weight is 432 g/mol. The lowest BCUT2D eigenvalue weighted by molar-refractivity contribution is -0.140. The Bertz CT molecular complexity index is 1270. The molecule has 1 unspecified atom stereocenters. The highest BCUT2D eigenvalue weighted by Crippen LogP contribution is 2.42. The monoisotopic (exact) mass is 431 g/mol. The Labute approximate surface area is 181 Å². The maximum absolute atomic E-state index is 13.1. The minimum absolute atomic E-state index is 0.128. The van der Waals surface area contributed by atoms with Crippen LogP contribution in [0.15, 0.2) is 83.1 Å². The smallest absolute Gasteiger partial charge is 0.296 e. The van der Waals surface area contributed by atoms with E-state index in [0.29, 0.717) is 12.1 Å². The normalized spacial score (nSPS) is 18.4. The molecule has 4 aromatic rings. The molecular weight excluding hydrogens is 414 g/mol. The first kappa shape index (κ1) is 18.8. The van der Waals surface area contributed by atoms with Gasteiger partial charge in [-0.05, 0) is 33.7 Å². The number of rotatable bonds is 4. The van der Waals surface area contributed by atoms with Gasteiger partial charge in [0.1, 0.15) is 11.8 Å². The lowest BCUT2D eigenvalue weighted by Crippen LogP contribution is -2.28. The van der Waals surface area contributed by atoms with Crippen LogP contribution in [0, 0.1) is 0 Å². The van der Waals surface area contributed by atoms with Crippen LogP contribution in [0.5, 0.6) is 0 Å². The van der Waals surface area contributed by atoms with Gasteiger partial charge in [0, 0.05) is 15.3 Å². The van der Waals surface area contributed by atoms with Crippen molar-refractivity contribution in [3.05, 3.63) is 98.4 Å². The van der Waals surface area contributed by atoms with Gasteiger partial charge in [0.05, 0.1) is 12.1 Å². The van der Waals surface area contributed by atoms with Crippen LogP contribution < -0.4 is 0 Å². The summed E-state index contributed by atoms with van der Waals surface area (Å²) in [5.74, 6) is -1.35. The van der Waals surface area contributed by atoms with Crippen molar-refractivity contribution in [3.8, 4) is 0 Å². The van der Waals surface area contributed by atoms with E-state index in [0.717, 1.165) is 20.5 Å². The summed E-state index contributed by atoms with van der Waals surface area (Å²) < 4.78 is 0. The second-order valence-corrected chi connectivity index (χ2v) is 9.06. The minimum atomic E-state index is -0.643. The molecule has 148 valence electrons. The van der Waals surface area contributed by atoms with Crippen LogP contribution in [-0.2, 0) is 16.1 Å². The fraction of sp³-hybridized carbons (Fsp3) is 0.0833. The molecule has 5 rings (SSSR count). The summed E-state index contributed by atoms with van der Waals surface area (Å²) in [4.78, 5) is 29.5. The highest BCUT2D eigenvalue weighted by molar-refractivity contribution is 7.10. The molecule has 0 aliphatic carbocycles. The highest BCUT2D eigenvalue weighted by atomic mass is 32.1. The predicted octanol–water partition coefficient (Wildman–Crippen LogP) is 5.58. The average Bonchev–Trinajstić information content (AvgIpc) is 3.52. The molecule has 30 heavy (non-hydrogen) atoms. The van der Waals surface area contributed by atoms with E-state index in [2.05, 4.69) is 0 Å². The Morgan fingerprint density at radius 1 is 0.900 bits per heavy atom. The first-order valence-corrected chi connectivity index (χ1v) is 11.2. The second kappa shape index (κ2) is 7.55. The number of aliphatic hydroxyl groups excluding tert-OH is 1. The van der Waals surface area contributed by atoms with Gasteiger partial charge in [-0.3, -0.25) is 9.59 Å². The van der Waals surface area contributed by atoms with Gasteiger partial charge in [0.15, 0.2) is 0 Å². The number of aliphatic hydroxyl groups is 1. The summed E-state index contributed by atoms with van der Waals surface area (Å²) in [6, 6.07) is 20.3. The van der Waals surface area contributed by atoms with E-state index >= 15 is 0 Å². The van der Waals surface area contributed by atoms with Crippen LogP contribution in [0.2, 0.25) is 0 Å². The number of amides is 1. The molecule has 6 heteroatoms. The molecule has 1 saturated heterocycles. The van der Waals surface area contributed by atoms with E-state index < -0.39 is 17.7 Å². The van der Waals surface area contributed by atoms with E-state index in [-0.39, 0.29) is 11.3 Å². The van der Waals surface area contributed by atoms with Gasteiger partial charge in [-0.1, -0.05) is 54.6 Å². The first-order valence-electron chi connectivity index (χ1n) is 9.47. The van der Waals surface area contributed by atoms with Gasteiger partial charge in [-0.25, -0.2) is 0 Å². The van der Waals surface area contributed by atoms with Gasteiger partial charge in [0.25, 0.3) is 11.7 Å². The third-order valence-electron chi connectivity index (χ3n) is 5.30. The molecular formula is C24H17NO3S2. The Hall–Kier alpha value is -3.22. The van der Waals surface area contributed by atoms with Crippen molar-refractivity contribution < 1.29 is 14.7 Å². The number of carbonyl (C=O) groups is 2. The summed E-state index contributed by atoms with van der Waals surface area (Å²) >= 11 is 3.01. The largest absolute Gasteiger partial charge is 0.507 e. The number of fused-ring (bicyclic) bond motifs is 1. The van der Waals surface area contributed by atoms with Gasteiger partial charge in [0.2, 0.25) is 0 Å². The number of carbonyl (C=O) groups excluding carboxylic acids is 2. The van der Waals surface area contributed by atoms with Crippen molar-refractivity contribution in [3.63, 3.8) is 0 Å². The molecule has 1 amide bonds. The van der Waals surface area contributed by atoms with Crippen molar-refractivity contribution in [1.82, 2.24) is 4.90 Å². The quantitative estimate of drug-likeness (QED) is 0.261. The van der Waals surface area contributed by atoms with E-state index in [1.807, 2.05) is 71.4 Å². The molecule has 2 aromatic heterocycles. The lowest BCUT2D eigenvalue weighted by atomic mass is 9.96. The Morgan fingerprint density at radius 3 is 2.43 bits per heavy atom. The van der Waals surface area contributed by atoms with Crippen LogP contribution in [0.3, 0.4) is 0 Å². The topological polar surface area (TPSA) is 57.6 Å². The van der Waals surface area contributed by atoms with Gasteiger partial charge >= 0.3 is 0 Å². The highest BCUT2D eigenvalue weighted by Gasteiger charge is 2.46. The van der Waals surface area contributed by atoms with Crippen LogP contribution >= 0.6 is 22.7 Å². The van der Waals surface area contributed by atoms with Gasteiger partial charge < -0.3 is 10.0 Å². The number of likely N-dealkylation sites (tertiary alicyclic amines) is 1. The van der Waals surface area contributed by atoms with Crippen molar-refractivity contribution >= 4 is 50.9 Å². The molecule has 4 nitrogen and oxygen atoms in total. The van der Waals surface area contributed by atoms with Crippen LogP contribution in [0.4, 0.5) is 0 Å². The van der Waals surface area contributed by atoms with Crippen molar-refractivity contribution in [1.29, 1.82) is 0 Å². The second-order valence-electron chi connectivity index (χ2n) is 7.05. The molecule has 0 bridgehead atoms. The molecule has 1 fully saturated rings. The Kier molecular flexibility index (Phi) is 4.73. The number of benzene rings is 2. The number of Topliss-reactive ketones (excluding diaryl/α,β-unsaturated/α-hetero) is 1. The van der Waals surface area contributed by atoms with E-state index in [1.165, 1.54) is 22.7 Å². The van der Waals surface area contributed by atoms with Crippen LogP contribution in [0.25, 0.3) is 16.5 Å². The third-order valence-corrected chi connectivity index (χ3v) is 7.09. The summed E-state index contributed by atoms with van der Waals surface area (Å²) in [6.07, 6.45) is 0. The number of ketones is 1. The SMILES string of the molecule is O=C1C(=O)N(Cc2cccs2)C(c2cccs2)/C1=C(/O)c1cccc2ccccc12. The molecule has 2 aromatic carbocycles. The summed E-state index contributed by atoms with van der Waals surface area (Å²) in [5.41, 5.74) is 0.708. The summed E-state index contributed by atoms with van der Waals surface area (Å²) in [7, 11) is 0. The Morgan fingerprint density at radius 2 is 1.67 bits per heavy atom.